The summed E-state index contributed by atoms with van der Waals surface area (Å²) in [5.74, 6) is 0.157. The van der Waals surface area contributed by atoms with Gasteiger partial charge in [0, 0.05) is 17.1 Å². The topological polar surface area (TPSA) is 42.0 Å². The number of Topliss-reactive ketones (excluding diaryl/α,β-unsaturated/α-hetero) is 1. The lowest BCUT2D eigenvalue weighted by atomic mass is 9.89. The molecule has 1 saturated heterocycles. The smallest absolute Gasteiger partial charge is 0.184 e. The summed E-state index contributed by atoms with van der Waals surface area (Å²) in [6.07, 6.45) is 3.69. The van der Waals surface area contributed by atoms with E-state index < -0.39 is 5.54 Å². The lowest BCUT2D eigenvalue weighted by molar-refractivity contribution is 0.0886. The molecule has 92 valence electrons. The van der Waals surface area contributed by atoms with E-state index >= 15 is 0 Å². The predicted octanol–water partition coefficient (Wildman–Crippen LogP) is 2.56. The van der Waals surface area contributed by atoms with Crippen LogP contribution in [0.25, 0.3) is 10.9 Å². The van der Waals surface area contributed by atoms with E-state index in [0.29, 0.717) is 0 Å². The van der Waals surface area contributed by atoms with E-state index in [0.717, 1.165) is 35.9 Å². The number of carbonyl (C=O) groups is 1. The molecule has 1 aromatic carbocycles. The van der Waals surface area contributed by atoms with Crippen LogP contribution in [0.5, 0.6) is 0 Å². The third-order valence-electron chi connectivity index (χ3n) is 3.75. The van der Waals surface area contributed by atoms with Crippen molar-refractivity contribution >= 4 is 16.7 Å². The van der Waals surface area contributed by atoms with Gasteiger partial charge in [0.1, 0.15) is 0 Å². The third-order valence-corrected chi connectivity index (χ3v) is 3.75. The molecule has 3 heteroatoms. The van der Waals surface area contributed by atoms with Crippen LogP contribution >= 0.6 is 0 Å². The van der Waals surface area contributed by atoms with Crippen LogP contribution < -0.4 is 5.32 Å². The molecule has 1 aliphatic heterocycles. The minimum Gasteiger partial charge on any atom is -0.305 e. The Hall–Kier alpha value is -1.74. The lowest BCUT2D eigenvalue weighted by Gasteiger charge is -2.23. The van der Waals surface area contributed by atoms with Crippen LogP contribution in [-0.2, 0) is 0 Å². The minimum absolute atomic E-state index is 0.157. The zero-order valence-electron chi connectivity index (χ0n) is 10.4. The van der Waals surface area contributed by atoms with Crippen LogP contribution in [0.4, 0.5) is 0 Å². The molecule has 3 rings (SSSR count). The van der Waals surface area contributed by atoms with E-state index in [4.69, 9.17) is 0 Å². The third kappa shape index (κ3) is 1.71. The van der Waals surface area contributed by atoms with Gasteiger partial charge in [0.15, 0.2) is 5.78 Å². The molecule has 1 N–H and O–H groups in total. The first kappa shape index (κ1) is 11.4. The number of nitrogens with one attached hydrogen (secondary N) is 1. The van der Waals surface area contributed by atoms with Gasteiger partial charge in [-0.15, -0.1) is 0 Å². The fourth-order valence-corrected chi connectivity index (χ4v) is 2.67. The summed E-state index contributed by atoms with van der Waals surface area (Å²) in [6, 6.07) is 9.68. The highest BCUT2D eigenvalue weighted by Gasteiger charge is 2.37. The minimum atomic E-state index is -0.425. The van der Waals surface area contributed by atoms with Crippen molar-refractivity contribution in [3.8, 4) is 0 Å². The second-order valence-corrected chi connectivity index (χ2v) is 5.07. The van der Waals surface area contributed by atoms with Gasteiger partial charge in [-0.25, -0.2) is 0 Å². The summed E-state index contributed by atoms with van der Waals surface area (Å²) in [5.41, 5.74) is 1.11. The van der Waals surface area contributed by atoms with Crippen molar-refractivity contribution in [2.45, 2.75) is 25.3 Å². The first-order valence-electron chi connectivity index (χ1n) is 6.34. The molecule has 2 aromatic rings. The monoisotopic (exact) mass is 240 g/mol. The van der Waals surface area contributed by atoms with Crippen molar-refractivity contribution in [1.29, 1.82) is 0 Å². The Bertz CT molecular complexity index is 595. The molecule has 0 radical (unpaired) electrons. The summed E-state index contributed by atoms with van der Waals surface area (Å²) in [7, 11) is 0. The van der Waals surface area contributed by atoms with Gasteiger partial charge in [-0.2, -0.15) is 0 Å². The fourth-order valence-electron chi connectivity index (χ4n) is 2.67. The van der Waals surface area contributed by atoms with E-state index in [9.17, 15) is 4.79 Å². The van der Waals surface area contributed by atoms with Crippen LogP contribution in [0.2, 0.25) is 0 Å². The van der Waals surface area contributed by atoms with Crippen molar-refractivity contribution in [2.75, 3.05) is 6.54 Å². The number of aromatic nitrogens is 1. The number of hydrogen-bond donors (Lipinski definition) is 1. The van der Waals surface area contributed by atoms with Gasteiger partial charge in [0.25, 0.3) is 0 Å². The molecule has 1 unspecified atom stereocenters. The number of fused-ring (bicyclic) bond motifs is 1. The Balaban J connectivity index is 2.12. The average molecular weight is 240 g/mol. The Morgan fingerprint density at radius 2 is 2.17 bits per heavy atom. The van der Waals surface area contributed by atoms with Gasteiger partial charge >= 0.3 is 0 Å². The van der Waals surface area contributed by atoms with Gasteiger partial charge in [0.2, 0.25) is 0 Å². The number of ketones is 1. The van der Waals surface area contributed by atoms with Gasteiger partial charge in [-0.3, -0.25) is 9.78 Å². The highest BCUT2D eigenvalue weighted by atomic mass is 16.1. The number of para-hydroxylation sites is 1. The van der Waals surface area contributed by atoms with Crippen LogP contribution in [0.3, 0.4) is 0 Å². The quantitative estimate of drug-likeness (QED) is 0.820. The molecule has 3 nitrogen and oxygen atoms in total. The normalized spacial score (nSPS) is 23.4. The van der Waals surface area contributed by atoms with Crippen LogP contribution in [0, 0.1) is 0 Å². The summed E-state index contributed by atoms with van der Waals surface area (Å²) >= 11 is 0. The van der Waals surface area contributed by atoms with Crippen LogP contribution in [-0.4, -0.2) is 22.9 Å². The molecule has 1 fully saturated rings. The van der Waals surface area contributed by atoms with Crippen molar-refractivity contribution < 1.29 is 4.79 Å². The summed E-state index contributed by atoms with van der Waals surface area (Å²) < 4.78 is 0. The number of pyridine rings is 1. The highest BCUT2D eigenvalue weighted by molar-refractivity contribution is 6.11. The maximum atomic E-state index is 12.7. The Morgan fingerprint density at radius 3 is 2.94 bits per heavy atom. The molecule has 18 heavy (non-hydrogen) atoms. The van der Waals surface area contributed by atoms with Gasteiger partial charge in [0.05, 0.1) is 11.1 Å². The van der Waals surface area contributed by atoms with Gasteiger partial charge in [-0.05, 0) is 38.4 Å². The zero-order chi connectivity index (χ0) is 12.6. The van der Waals surface area contributed by atoms with Crippen molar-refractivity contribution in [3.05, 3.63) is 42.1 Å². The molecule has 0 aliphatic carbocycles. The molecule has 1 aliphatic rings. The number of hydrogen-bond acceptors (Lipinski definition) is 3. The van der Waals surface area contributed by atoms with Crippen LogP contribution in [0.1, 0.15) is 30.1 Å². The molecule has 0 amide bonds. The molecular formula is C15H16N2O. The highest BCUT2D eigenvalue weighted by Crippen LogP contribution is 2.26. The number of carbonyl (C=O) groups excluding carboxylic acids is 1. The van der Waals surface area contributed by atoms with E-state index in [-0.39, 0.29) is 5.78 Å². The first-order chi connectivity index (χ1) is 8.71. The first-order valence-corrected chi connectivity index (χ1v) is 6.34. The van der Waals surface area contributed by atoms with E-state index in [1.807, 2.05) is 37.3 Å². The summed E-state index contributed by atoms with van der Waals surface area (Å²) in [6.45, 7) is 2.91. The lowest BCUT2D eigenvalue weighted by Crippen LogP contribution is -2.44. The maximum absolute atomic E-state index is 12.7. The largest absolute Gasteiger partial charge is 0.305 e. The van der Waals surface area contributed by atoms with Crippen molar-refractivity contribution in [1.82, 2.24) is 10.3 Å². The van der Waals surface area contributed by atoms with E-state index in [1.165, 1.54) is 0 Å². The fraction of sp³-hybridized carbons (Fsp3) is 0.333. The second-order valence-electron chi connectivity index (χ2n) is 5.07. The molecule has 0 bridgehead atoms. The number of rotatable bonds is 2. The summed E-state index contributed by atoms with van der Waals surface area (Å²) in [4.78, 5) is 17.0. The molecule has 1 atom stereocenters. The van der Waals surface area contributed by atoms with E-state index in [2.05, 4.69) is 10.3 Å². The molecule has 0 saturated carbocycles. The van der Waals surface area contributed by atoms with Gasteiger partial charge in [-0.1, -0.05) is 18.2 Å². The Kier molecular flexibility index (Phi) is 2.63. The molecule has 2 heterocycles. The molecule has 0 spiro atoms. The molecule has 1 aromatic heterocycles. The number of benzene rings is 1. The Labute approximate surface area is 106 Å². The van der Waals surface area contributed by atoms with Gasteiger partial charge < -0.3 is 5.32 Å². The second kappa shape index (κ2) is 4.18. The van der Waals surface area contributed by atoms with E-state index in [1.54, 1.807) is 6.20 Å². The standard InChI is InChI=1S/C15H16N2O/c1-15(8-4-10-17-15)14(18)12-7-2-5-11-6-3-9-16-13(11)12/h2-3,5-7,9,17H,4,8,10H2,1H3. The van der Waals surface area contributed by atoms with Crippen LogP contribution in [0.15, 0.2) is 36.5 Å². The predicted molar refractivity (Wildman–Crippen MR) is 71.7 cm³/mol. The average Bonchev–Trinajstić information content (AvgIpc) is 2.85. The Morgan fingerprint density at radius 1 is 1.33 bits per heavy atom. The number of nitrogens with zero attached hydrogens (tertiary/aromatic N) is 1. The summed E-state index contributed by atoms with van der Waals surface area (Å²) in [5, 5.41) is 4.34. The maximum Gasteiger partial charge on any atom is 0.184 e. The zero-order valence-corrected chi connectivity index (χ0v) is 10.4. The van der Waals surface area contributed by atoms with Crippen molar-refractivity contribution in [3.63, 3.8) is 0 Å². The molecular weight excluding hydrogens is 224 g/mol. The van der Waals surface area contributed by atoms with Crippen molar-refractivity contribution in [2.24, 2.45) is 0 Å². The SMILES string of the molecule is CC1(C(=O)c2cccc3cccnc23)CCCN1.